The number of nitrogens with zero attached hydrogens (tertiary/aromatic N) is 1. The van der Waals surface area contributed by atoms with E-state index in [1.54, 1.807) is 35.6 Å². The molecule has 6 heteroatoms. The normalized spacial score (nSPS) is 13.9. The lowest BCUT2D eigenvalue weighted by atomic mass is 9.97. The van der Waals surface area contributed by atoms with Gasteiger partial charge in [0.25, 0.3) is 5.56 Å². The number of rotatable bonds is 3. The summed E-state index contributed by atoms with van der Waals surface area (Å²) in [5, 5.41) is 0.747. The first-order chi connectivity index (χ1) is 12.7. The zero-order valence-corrected chi connectivity index (χ0v) is 15.2. The van der Waals surface area contributed by atoms with Gasteiger partial charge in [0, 0.05) is 4.88 Å². The average molecular weight is 366 g/mol. The molecule has 0 aliphatic heterocycles. The summed E-state index contributed by atoms with van der Waals surface area (Å²) in [5.41, 5.74) is 2.28. The molecule has 0 saturated carbocycles. The van der Waals surface area contributed by atoms with E-state index in [4.69, 9.17) is 4.74 Å². The molecule has 132 valence electrons. The molecule has 0 saturated heterocycles. The van der Waals surface area contributed by atoms with Crippen molar-refractivity contribution in [2.45, 2.75) is 25.7 Å². The van der Waals surface area contributed by atoms with Crippen LogP contribution in [0.3, 0.4) is 0 Å². The number of carbonyl (C=O) groups is 1. The number of hydrogen-bond donors (Lipinski definition) is 1. The van der Waals surface area contributed by atoms with Gasteiger partial charge in [-0.15, -0.1) is 11.3 Å². The van der Waals surface area contributed by atoms with Crippen LogP contribution < -0.4 is 5.56 Å². The number of methoxy groups -OCH3 is 1. The topological polar surface area (TPSA) is 72.0 Å². The lowest BCUT2D eigenvalue weighted by Gasteiger charge is -2.09. The van der Waals surface area contributed by atoms with E-state index in [9.17, 15) is 9.59 Å². The number of nitrogens with one attached hydrogen (secondary N) is 1. The predicted molar refractivity (Wildman–Crippen MR) is 104 cm³/mol. The summed E-state index contributed by atoms with van der Waals surface area (Å²) >= 11 is 1.62. The van der Waals surface area contributed by atoms with Gasteiger partial charge in [-0.1, -0.05) is 24.3 Å². The predicted octanol–water partition coefficient (Wildman–Crippen LogP) is 3.82. The van der Waals surface area contributed by atoms with Crippen molar-refractivity contribution in [1.29, 1.82) is 0 Å². The van der Waals surface area contributed by atoms with Gasteiger partial charge in [0.05, 0.1) is 18.1 Å². The maximum atomic E-state index is 12.6. The van der Waals surface area contributed by atoms with Gasteiger partial charge in [-0.2, -0.15) is 0 Å². The summed E-state index contributed by atoms with van der Waals surface area (Å²) in [4.78, 5) is 34.0. The smallest absolute Gasteiger partial charge is 0.338 e. The monoisotopic (exact) mass is 366 g/mol. The van der Waals surface area contributed by atoms with Gasteiger partial charge >= 0.3 is 5.97 Å². The van der Waals surface area contributed by atoms with Crippen molar-refractivity contribution < 1.29 is 9.53 Å². The van der Waals surface area contributed by atoms with Crippen LogP contribution in [0.15, 0.2) is 29.1 Å². The van der Waals surface area contributed by atoms with E-state index in [1.807, 2.05) is 12.1 Å². The van der Waals surface area contributed by atoms with Crippen LogP contribution in [-0.2, 0) is 17.6 Å². The van der Waals surface area contributed by atoms with Crippen molar-refractivity contribution in [2.24, 2.45) is 0 Å². The van der Waals surface area contributed by atoms with Gasteiger partial charge in [-0.25, -0.2) is 9.78 Å². The molecule has 1 aliphatic rings. The van der Waals surface area contributed by atoms with E-state index >= 15 is 0 Å². The second-order valence-corrected chi connectivity index (χ2v) is 7.34. The number of ether oxygens (including phenoxy) is 1. The van der Waals surface area contributed by atoms with E-state index < -0.39 is 5.97 Å². The number of carbonyl (C=O) groups excluding carboxylic acids is 1. The highest BCUT2D eigenvalue weighted by atomic mass is 32.1. The Morgan fingerprint density at radius 1 is 1.23 bits per heavy atom. The van der Waals surface area contributed by atoms with Crippen LogP contribution >= 0.6 is 11.3 Å². The van der Waals surface area contributed by atoms with Crippen LogP contribution in [0.25, 0.3) is 22.4 Å². The highest BCUT2D eigenvalue weighted by Gasteiger charge is 2.19. The van der Waals surface area contributed by atoms with Crippen LogP contribution in [0.1, 0.15) is 45.0 Å². The SMILES string of the molecule is COC(=O)c1ccccc1/C=C/c1nc2sc3c(c2c(=O)[nH]1)CCCC3. The molecule has 0 radical (unpaired) electrons. The molecule has 2 heterocycles. The minimum atomic E-state index is -0.395. The van der Waals surface area contributed by atoms with Gasteiger partial charge in [0.1, 0.15) is 10.7 Å². The van der Waals surface area contributed by atoms with Gasteiger partial charge in [0.2, 0.25) is 0 Å². The Morgan fingerprint density at radius 3 is 2.88 bits per heavy atom. The van der Waals surface area contributed by atoms with Crippen molar-refractivity contribution in [3.8, 4) is 0 Å². The third kappa shape index (κ3) is 2.97. The molecule has 5 nitrogen and oxygen atoms in total. The number of esters is 1. The van der Waals surface area contributed by atoms with E-state index in [-0.39, 0.29) is 5.56 Å². The number of hydrogen-bond acceptors (Lipinski definition) is 5. The Morgan fingerprint density at radius 2 is 2.04 bits per heavy atom. The Bertz CT molecular complexity index is 1080. The van der Waals surface area contributed by atoms with Gasteiger partial charge in [0.15, 0.2) is 0 Å². The highest BCUT2D eigenvalue weighted by Crippen LogP contribution is 2.33. The van der Waals surface area contributed by atoms with Crippen LogP contribution in [0.4, 0.5) is 0 Å². The summed E-state index contributed by atoms with van der Waals surface area (Å²) in [5.74, 6) is 0.0915. The average Bonchev–Trinajstić information content (AvgIpc) is 3.04. The van der Waals surface area contributed by atoms with Crippen LogP contribution in [0.5, 0.6) is 0 Å². The van der Waals surface area contributed by atoms with E-state index in [1.165, 1.54) is 24.0 Å². The van der Waals surface area contributed by atoms with E-state index in [0.717, 1.165) is 29.5 Å². The number of benzene rings is 1. The standard InChI is InChI=1S/C20H18N2O3S/c1-25-20(24)13-7-3-2-6-12(13)10-11-16-21-18(23)17-14-8-4-5-9-15(14)26-19(17)22-16/h2-3,6-7,10-11H,4-5,8-9H2,1H3,(H,21,22,23)/b11-10+. The first kappa shape index (κ1) is 16.7. The summed E-state index contributed by atoms with van der Waals surface area (Å²) < 4.78 is 4.81. The van der Waals surface area contributed by atoms with Crippen molar-refractivity contribution in [2.75, 3.05) is 7.11 Å². The zero-order chi connectivity index (χ0) is 18.1. The van der Waals surface area contributed by atoms with Crippen LogP contribution in [0, 0.1) is 0 Å². The molecule has 1 aromatic carbocycles. The lowest BCUT2D eigenvalue weighted by molar-refractivity contribution is 0.0600. The molecule has 0 amide bonds. The summed E-state index contributed by atoms with van der Waals surface area (Å²) in [6, 6.07) is 7.16. The number of thiophene rings is 1. The fraction of sp³-hybridized carbons (Fsp3) is 0.250. The van der Waals surface area contributed by atoms with Crippen LogP contribution in [-0.4, -0.2) is 23.0 Å². The van der Waals surface area contributed by atoms with Gasteiger partial charge in [-0.05, 0) is 49.0 Å². The Labute approximate surface area is 154 Å². The molecule has 1 aliphatic carbocycles. The van der Waals surface area contributed by atoms with Gasteiger partial charge in [-0.3, -0.25) is 4.79 Å². The zero-order valence-electron chi connectivity index (χ0n) is 14.4. The molecule has 4 rings (SSSR count). The first-order valence-corrected chi connectivity index (χ1v) is 9.39. The molecule has 2 aromatic heterocycles. The number of aromatic amines is 1. The third-order valence-corrected chi connectivity index (χ3v) is 5.82. The Hall–Kier alpha value is -2.73. The molecular formula is C20H18N2O3S. The highest BCUT2D eigenvalue weighted by molar-refractivity contribution is 7.18. The fourth-order valence-electron chi connectivity index (χ4n) is 3.37. The maximum absolute atomic E-state index is 12.6. The van der Waals surface area contributed by atoms with Crippen molar-refractivity contribution >= 4 is 39.7 Å². The molecule has 26 heavy (non-hydrogen) atoms. The molecule has 3 aromatic rings. The summed E-state index contributed by atoms with van der Waals surface area (Å²) in [6.45, 7) is 0. The summed E-state index contributed by atoms with van der Waals surface area (Å²) in [7, 11) is 1.36. The maximum Gasteiger partial charge on any atom is 0.338 e. The molecule has 0 fully saturated rings. The number of aromatic nitrogens is 2. The van der Waals surface area contributed by atoms with Gasteiger partial charge < -0.3 is 9.72 Å². The molecule has 0 bridgehead atoms. The van der Waals surface area contributed by atoms with Crippen molar-refractivity contribution in [3.05, 3.63) is 62.0 Å². The first-order valence-electron chi connectivity index (χ1n) is 8.57. The fourth-order valence-corrected chi connectivity index (χ4v) is 4.64. The molecule has 0 spiro atoms. The van der Waals surface area contributed by atoms with Crippen molar-refractivity contribution in [3.63, 3.8) is 0 Å². The Kier molecular flexibility index (Phi) is 4.42. The summed E-state index contributed by atoms with van der Waals surface area (Å²) in [6.07, 6.45) is 7.79. The van der Waals surface area contributed by atoms with E-state index in [0.29, 0.717) is 17.0 Å². The number of H-pyrrole nitrogens is 1. The Balaban J connectivity index is 1.74. The lowest BCUT2D eigenvalue weighted by Crippen LogP contribution is -2.11. The molecule has 0 atom stereocenters. The number of aryl methyl sites for hydroxylation is 2. The molecule has 1 N–H and O–H groups in total. The third-order valence-electron chi connectivity index (χ3n) is 4.63. The van der Waals surface area contributed by atoms with Crippen molar-refractivity contribution in [1.82, 2.24) is 9.97 Å². The quantitative estimate of drug-likeness (QED) is 0.715. The number of fused-ring (bicyclic) bond motifs is 3. The minimum Gasteiger partial charge on any atom is -0.465 e. The molecule has 0 unspecified atom stereocenters. The second kappa shape index (κ2) is 6.88. The second-order valence-electron chi connectivity index (χ2n) is 6.25. The largest absolute Gasteiger partial charge is 0.465 e. The minimum absolute atomic E-state index is 0.0877. The molecular weight excluding hydrogens is 348 g/mol. The van der Waals surface area contributed by atoms with Crippen LogP contribution in [0.2, 0.25) is 0 Å². The van der Waals surface area contributed by atoms with E-state index in [2.05, 4.69) is 9.97 Å².